The highest BCUT2D eigenvalue weighted by Crippen LogP contribution is 2.59. The van der Waals surface area contributed by atoms with Crippen LogP contribution in [0.4, 0.5) is 0 Å². The van der Waals surface area contributed by atoms with E-state index in [0.29, 0.717) is 0 Å². The van der Waals surface area contributed by atoms with E-state index in [9.17, 15) is 9.59 Å². The number of aryl methyl sites for hydroxylation is 2. The van der Waals surface area contributed by atoms with Crippen molar-refractivity contribution in [1.82, 2.24) is 0 Å². The first-order chi connectivity index (χ1) is 17.0. The maximum atomic E-state index is 11.9. The van der Waals surface area contributed by atoms with E-state index in [1.807, 2.05) is 12.1 Å². The minimum Gasteiger partial charge on any atom is -0.297 e. The summed E-state index contributed by atoms with van der Waals surface area (Å²) in [5.41, 5.74) is 8.86. The van der Waals surface area contributed by atoms with E-state index in [0.717, 1.165) is 48.8 Å². The fraction of sp³-hybridized carbons (Fsp3) is 0.0968. The number of aldehydes is 2. The zero-order valence-corrected chi connectivity index (χ0v) is 21.0. The number of fused-ring (bicyclic) bond motifs is 3. The summed E-state index contributed by atoms with van der Waals surface area (Å²) in [4.78, 5) is 26.9. The monoisotopic (exact) mass is 490 g/mol. The minimum absolute atomic E-state index is 0.537. The van der Waals surface area contributed by atoms with Gasteiger partial charge in [-0.15, -0.1) is 22.7 Å². The summed E-state index contributed by atoms with van der Waals surface area (Å²) in [5, 5.41) is 0. The maximum absolute atomic E-state index is 11.9. The summed E-state index contributed by atoms with van der Waals surface area (Å²) in [5.74, 6) is 0. The Kier molecular flexibility index (Phi) is 5.17. The molecule has 3 aromatic carbocycles. The molecule has 0 amide bonds. The highest BCUT2D eigenvalue weighted by Gasteiger charge is 2.47. The lowest BCUT2D eigenvalue weighted by molar-refractivity contribution is 0.111. The molecule has 170 valence electrons. The standard InChI is InChI=1S/C31H22O2S2/c1-19-3-8-22(9-4-19)31(23-10-5-20(2)6-11-23)27-15-21(29-14-12-24(17-32)34-29)7-13-26(27)30-28(31)16-25(18-33)35-30/h3-18H,1-2H3. The van der Waals surface area contributed by atoms with Gasteiger partial charge in [-0.1, -0.05) is 71.8 Å². The van der Waals surface area contributed by atoms with Gasteiger partial charge in [0.1, 0.15) is 0 Å². The number of carbonyl (C=O) groups is 2. The summed E-state index contributed by atoms with van der Waals surface area (Å²) < 4.78 is 0. The average molecular weight is 491 g/mol. The zero-order chi connectivity index (χ0) is 24.2. The van der Waals surface area contributed by atoms with Crippen molar-refractivity contribution in [2.45, 2.75) is 19.3 Å². The summed E-state index contributed by atoms with van der Waals surface area (Å²) in [6, 6.07) is 30.1. The molecule has 0 radical (unpaired) electrons. The average Bonchev–Trinajstić information content (AvgIpc) is 3.59. The third kappa shape index (κ3) is 3.28. The molecule has 1 aliphatic carbocycles. The first-order valence-electron chi connectivity index (χ1n) is 11.5. The van der Waals surface area contributed by atoms with Crippen molar-refractivity contribution in [2.75, 3.05) is 0 Å². The molecule has 2 nitrogen and oxygen atoms in total. The Bertz CT molecular complexity index is 1540. The molecule has 2 aromatic heterocycles. The van der Waals surface area contributed by atoms with Crippen LogP contribution in [-0.2, 0) is 5.41 Å². The fourth-order valence-electron chi connectivity index (χ4n) is 5.26. The van der Waals surface area contributed by atoms with E-state index in [1.165, 1.54) is 39.2 Å². The summed E-state index contributed by atoms with van der Waals surface area (Å²) in [7, 11) is 0. The molecular formula is C31H22O2S2. The van der Waals surface area contributed by atoms with Crippen LogP contribution in [-0.4, -0.2) is 12.6 Å². The molecule has 0 atom stereocenters. The van der Waals surface area contributed by atoms with Crippen LogP contribution in [0.15, 0.2) is 84.9 Å². The second kappa shape index (κ2) is 8.26. The number of hydrogen-bond acceptors (Lipinski definition) is 4. The van der Waals surface area contributed by atoms with Crippen LogP contribution in [0.25, 0.3) is 20.9 Å². The molecule has 0 bridgehead atoms. The summed E-state index contributed by atoms with van der Waals surface area (Å²) in [6.45, 7) is 4.20. The lowest BCUT2D eigenvalue weighted by Gasteiger charge is -2.33. The lowest BCUT2D eigenvalue weighted by atomic mass is 9.67. The van der Waals surface area contributed by atoms with Gasteiger partial charge in [0.25, 0.3) is 0 Å². The molecule has 0 spiro atoms. The van der Waals surface area contributed by atoms with Gasteiger partial charge in [-0.25, -0.2) is 0 Å². The first kappa shape index (κ1) is 21.9. The Morgan fingerprint density at radius 3 is 1.83 bits per heavy atom. The van der Waals surface area contributed by atoms with Crippen LogP contribution in [0.3, 0.4) is 0 Å². The molecule has 1 aliphatic rings. The van der Waals surface area contributed by atoms with Crippen LogP contribution >= 0.6 is 22.7 Å². The van der Waals surface area contributed by atoms with Gasteiger partial charge in [0.05, 0.1) is 15.2 Å². The Morgan fingerprint density at radius 2 is 1.26 bits per heavy atom. The van der Waals surface area contributed by atoms with Crippen molar-refractivity contribution in [3.05, 3.63) is 128 Å². The van der Waals surface area contributed by atoms with E-state index in [2.05, 4.69) is 86.6 Å². The number of benzene rings is 3. The number of carbonyl (C=O) groups excluding carboxylic acids is 2. The van der Waals surface area contributed by atoms with Gasteiger partial charge in [0.2, 0.25) is 0 Å². The smallest absolute Gasteiger partial charge is 0.160 e. The van der Waals surface area contributed by atoms with E-state index >= 15 is 0 Å². The fourth-order valence-corrected chi connectivity index (χ4v) is 7.15. The predicted molar refractivity (Wildman–Crippen MR) is 145 cm³/mol. The number of hydrogen-bond donors (Lipinski definition) is 0. The molecule has 0 N–H and O–H groups in total. The van der Waals surface area contributed by atoms with Gasteiger partial charge in [-0.05, 0) is 71.5 Å². The Labute approximate surface area is 212 Å². The zero-order valence-electron chi connectivity index (χ0n) is 19.4. The van der Waals surface area contributed by atoms with Gasteiger partial charge in [0.15, 0.2) is 12.6 Å². The summed E-state index contributed by atoms with van der Waals surface area (Å²) in [6.07, 6.45) is 1.86. The Hall–Kier alpha value is -3.60. The van der Waals surface area contributed by atoms with Crippen molar-refractivity contribution in [3.63, 3.8) is 0 Å². The molecule has 0 aliphatic heterocycles. The van der Waals surface area contributed by atoms with Crippen molar-refractivity contribution < 1.29 is 9.59 Å². The highest BCUT2D eigenvalue weighted by molar-refractivity contribution is 7.17. The Balaban J connectivity index is 1.72. The van der Waals surface area contributed by atoms with Gasteiger partial charge >= 0.3 is 0 Å². The van der Waals surface area contributed by atoms with E-state index < -0.39 is 5.41 Å². The van der Waals surface area contributed by atoms with E-state index in [-0.39, 0.29) is 0 Å². The summed E-state index contributed by atoms with van der Waals surface area (Å²) >= 11 is 3.07. The SMILES string of the molecule is Cc1ccc(C2(c3ccc(C)cc3)c3cc(-c4ccc(C=O)s4)ccc3-c3sc(C=O)cc32)cc1. The number of rotatable bonds is 5. The largest absolute Gasteiger partial charge is 0.297 e. The molecule has 6 rings (SSSR count). The topological polar surface area (TPSA) is 34.1 Å². The molecule has 0 fully saturated rings. The van der Waals surface area contributed by atoms with Crippen LogP contribution < -0.4 is 0 Å². The van der Waals surface area contributed by atoms with Crippen molar-refractivity contribution in [1.29, 1.82) is 0 Å². The number of thiophene rings is 2. The molecule has 0 saturated heterocycles. The second-order valence-corrected chi connectivity index (χ2v) is 11.3. The predicted octanol–water partition coefficient (Wildman–Crippen LogP) is 8.08. The van der Waals surface area contributed by atoms with Gasteiger partial charge < -0.3 is 0 Å². The van der Waals surface area contributed by atoms with Crippen molar-refractivity contribution in [2.24, 2.45) is 0 Å². The lowest BCUT2D eigenvalue weighted by Crippen LogP contribution is -2.28. The third-order valence-electron chi connectivity index (χ3n) is 6.94. The van der Waals surface area contributed by atoms with Gasteiger partial charge in [-0.2, -0.15) is 0 Å². The Morgan fingerprint density at radius 1 is 0.629 bits per heavy atom. The van der Waals surface area contributed by atoms with Gasteiger partial charge in [-0.3, -0.25) is 9.59 Å². The van der Waals surface area contributed by atoms with E-state index in [1.54, 1.807) is 11.3 Å². The molecule has 2 heterocycles. The molecule has 0 unspecified atom stereocenters. The minimum atomic E-state index is -0.537. The molecule has 0 saturated carbocycles. The first-order valence-corrected chi connectivity index (χ1v) is 13.1. The van der Waals surface area contributed by atoms with Gasteiger partial charge in [0, 0.05) is 9.75 Å². The van der Waals surface area contributed by atoms with Crippen LogP contribution in [0.5, 0.6) is 0 Å². The second-order valence-electron chi connectivity index (χ2n) is 9.07. The van der Waals surface area contributed by atoms with Crippen LogP contribution in [0, 0.1) is 13.8 Å². The highest BCUT2D eigenvalue weighted by atomic mass is 32.1. The van der Waals surface area contributed by atoms with Crippen molar-refractivity contribution in [3.8, 4) is 20.9 Å². The van der Waals surface area contributed by atoms with Crippen molar-refractivity contribution >= 4 is 35.2 Å². The maximum Gasteiger partial charge on any atom is 0.160 e. The normalized spacial score (nSPS) is 13.3. The molecule has 5 aromatic rings. The quantitative estimate of drug-likeness (QED) is 0.229. The van der Waals surface area contributed by atoms with E-state index in [4.69, 9.17) is 0 Å². The molecule has 35 heavy (non-hydrogen) atoms. The third-order valence-corrected chi connectivity index (χ3v) is 9.09. The van der Waals surface area contributed by atoms with Crippen LogP contribution in [0.2, 0.25) is 0 Å². The molecular weight excluding hydrogens is 468 g/mol. The molecule has 4 heteroatoms. The van der Waals surface area contributed by atoms with Crippen LogP contribution in [0.1, 0.15) is 52.7 Å².